The van der Waals surface area contributed by atoms with E-state index < -0.39 is 0 Å². The Labute approximate surface area is 164 Å². The summed E-state index contributed by atoms with van der Waals surface area (Å²) in [4.78, 5) is 27.7. The second-order valence-corrected chi connectivity index (χ2v) is 7.77. The maximum Gasteiger partial charge on any atom is 0.256 e. The van der Waals surface area contributed by atoms with Gasteiger partial charge in [-0.3, -0.25) is 9.78 Å². The van der Waals surface area contributed by atoms with Crippen molar-refractivity contribution in [2.75, 3.05) is 13.1 Å². The zero-order valence-electron chi connectivity index (χ0n) is 15.7. The molecule has 5 heteroatoms. The Kier molecular flexibility index (Phi) is 4.15. The Balaban J connectivity index is 1.29. The van der Waals surface area contributed by atoms with E-state index in [1.807, 2.05) is 17.0 Å². The second kappa shape index (κ2) is 6.82. The fourth-order valence-electron chi connectivity index (χ4n) is 4.69. The van der Waals surface area contributed by atoms with Crippen molar-refractivity contribution in [2.45, 2.75) is 31.1 Å². The van der Waals surface area contributed by atoms with Crippen molar-refractivity contribution in [3.8, 4) is 11.4 Å². The van der Waals surface area contributed by atoms with Crippen molar-refractivity contribution in [3.63, 3.8) is 0 Å². The highest BCUT2D eigenvalue weighted by atomic mass is 16.2. The van der Waals surface area contributed by atoms with Crippen LogP contribution in [0.5, 0.6) is 0 Å². The number of fused-ring (bicyclic) bond motifs is 2. The summed E-state index contributed by atoms with van der Waals surface area (Å²) in [5, 5.41) is 0. The average Bonchev–Trinajstić information content (AvgIpc) is 3.13. The van der Waals surface area contributed by atoms with E-state index in [-0.39, 0.29) is 11.3 Å². The van der Waals surface area contributed by atoms with E-state index in [1.165, 1.54) is 17.5 Å². The highest BCUT2D eigenvalue weighted by Gasteiger charge is 2.41. The van der Waals surface area contributed by atoms with Crippen molar-refractivity contribution in [2.24, 2.45) is 0 Å². The van der Waals surface area contributed by atoms with Gasteiger partial charge in [-0.2, -0.15) is 0 Å². The molecule has 5 rings (SSSR count). The molecular formula is C23H22N4O. The van der Waals surface area contributed by atoms with Gasteiger partial charge in [0, 0.05) is 43.4 Å². The lowest BCUT2D eigenvalue weighted by Crippen LogP contribution is -2.44. The topological polar surface area (TPSA) is 59.0 Å². The molecule has 1 aliphatic heterocycles. The van der Waals surface area contributed by atoms with Gasteiger partial charge in [0.2, 0.25) is 0 Å². The summed E-state index contributed by atoms with van der Waals surface area (Å²) in [5.74, 6) is 0.615. The third-order valence-corrected chi connectivity index (χ3v) is 6.29. The fourth-order valence-corrected chi connectivity index (χ4v) is 4.69. The zero-order chi connectivity index (χ0) is 19.0. The van der Waals surface area contributed by atoms with Gasteiger partial charge in [0.25, 0.3) is 5.91 Å². The largest absolute Gasteiger partial charge is 0.338 e. The lowest BCUT2D eigenvalue weighted by molar-refractivity contribution is 0.0665. The smallest absolute Gasteiger partial charge is 0.256 e. The van der Waals surface area contributed by atoms with Crippen molar-refractivity contribution in [1.29, 1.82) is 0 Å². The number of pyridine rings is 1. The molecular weight excluding hydrogens is 348 g/mol. The molecule has 0 N–H and O–H groups in total. The first-order chi connectivity index (χ1) is 13.8. The standard InChI is InChI=1S/C23H22N4O/c28-22(19-15-25-21(26-16-19)18-5-3-11-24-14-18)27-12-9-23(10-13-27)8-7-17-4-1-2-6-20(17)23/h1-6,11,14-16H,7-10,12-13H2. The number of carbonyl (C=O) groups is 1. The van der Waals surface area contributed by atoms with E-state index in [4.69, 9.17) is 0 Å². The minimum atomic E-state index is 0.0267. The Morgan fingerprint density at radius 3 is 2.46 bits per heavy atom. The van der Waals surface area contributed by atoms with Gasteiger partial charge in [-0.25, -0.2) is 9.97 Å². The molecule has 0 saturated carbocycles. The summed E-state index contributed by atoms with van der Waals surface area (Å²) in [7, 11) is 0. The second-order valence-electron chi connectivity index (χ2n) is 7.77. The number of piperidine rings is 1. The third kappa shape index (κ3) is 2.87. The zero-order valence-corrected chi connectivity index (χ0v) is 15.7. The molecule has 2 aromatic heterocycles. The van der Waals surface area contributed by atoms with Gasteiger partial charge in [-0.1, -0.05) is 24.3 Å². The Bertz CT molecular complexity index is 993. The Hall–Kier alpha value is -3.08. The summed E-state index contributed by atoms with van der Waals surface area (Å²) in [6, 6.07) is 12.6. The number of hydrogen-bond donors (Lipinski definition) is 0. The van der Waals surface area contributed by atoms with Gasteiger partial charge < -0.3 is 4.90 Å². The normalized spacial score (nSPS) is 17.5. The van der Waals surface area contributed by atoms with Crippen molar-refractivity contribution in [1.82, 2.24) is 19.9 Å². The lowest BCUT2D eigenvalue weighted by Gasteiger charge is -2.40. The summed E-state index contributed by atoms with van der Waals surface area (Å²) in [5.41, 5.74) is 4.65. The molecule has 0 radical (unpaired) electrons. The van der Waals surface area contributed by atoms with Crippen LogP contribution in [0.1, 0.15) is 40.7 Å². The SMILES string of the molecule is O=C(c1cnc(-c2cccnc2)nc1)N1CCC2(CCc3ccccc32)CC1. The first-order valence-electron chi connectivity index (χ1n) is 9.85. The summed E-state index contributed by atoms with van der Waals surface area (Å²) in [6.45, 7) is 1.58. The fraction of sp³-hybridized carbons (Fsp3) is 0.304. The van der Waals surface area contributed by atoms with E-state index >= 15 is 0 Å². The number of aryl methyl sites for hydroxylation is 1. The average molecular weight is 370 g/mol. The highest BCUT2D eigenvalue weighted by Crippen LogP contribution is 2.46. The van der Waals surface area contributed by atoms with E-state index in [0.717, 1.165) is 37.9 Å². The number of amides is 1. The van der Waals surface area contributed by atoms with Gasteiger partial charge in [0.15, 0.2) is 5.82 Å². The van der Waals surface area contributed by atoms with Crippen molar-refractivity contribution < 1.29 is 4.79 Å². The summed E-state index contributed by atoms with van der Waals surface area (Å²) >= 11 is 0. The molecule has 28 heavy (non-hydrogen) atoms. The lowest BCUT2D eigenvalue weighted by atomic mass is 9.74. The first-order valence-corrected chi connectivity index (χ1v) is 9.85. The Morgan fingerprint density at radius 1 is 0.929 bits per heavy atom. The number of hydrogen-bond acceptors (Lipinski definition) is 4. The number of aromatic nitrogens is 3. The molecule has 2 aliphatic rings. The van der Waals surface area contributed by atoms with Crippen LogP contribution in [0.4, 0.5) is 0 Å². The minimum absolute atomic E-state index is 0.0267. The number of likely N-dealkylation sites (tertiary alicyclic amines) is 1. The molecule has 1 aliphatic carbocycles. The molecule has 1 saturated heterocycles. The molecule has 3 heterocycles. The summed E-state index contributed by atoms with van der Waals surface area (Å²) in [6.07, 6.45) is 11.1. The molecule has 1 fully saturated rings. The molecule has 140 valence electrons. The number of benzene rings is 1. The molecule has 1 amide bonds. The molecule has 0 unspecified atom stereocenters. The molecule has 1 spiro atoms. The molecule has 5 nitrogen and oxygen atoms in total. The van der Waals surface area contributed by atoms with Gasteiger partial charge in [-0.15, -0.1) is 0 Å². The maximum absolute atomic E-state index is 12.9. The van der Waals surface area contributed by atoms with Crippen molar-refractivity contribution >= 4 is 5.91 Å². The van der Waals surface area contributed by atoms with Crippen molar-refractivity contribution in [3.05, 3.63) is 77.9 Å². The van der Waals surface area contributed by atoms with Crippen LogP contribution >= 0.6 is 0 Å². The quantitative estimate of drug-likeness (QED) is 0.691. The monoisotopic (exact) mass is 370 g/mol. The predicted octanol–water partition coefficient (Wildman–Crippen LogP) is 3.66. The van der Waals surface area contributed by atoms with Gasteiger partial charge in [-0.05, 0) is 54.4 Å². The van der Waals surface area contributed by atoms with Gasteiger partial charge in [0.1, 0.15) is 0 Å². The Morgan fingerprint density at radius 2 is 1.71 bits per heavy atom. The van der Waals surface area contributed by atoms with Crippen LogP contribution in [-0.4, -0.2) is 38.8 Å². The summed E-state index contributed by atoms with van der Waals surface area (Å²) < 4.78 is 0. The van der Waals surface area contributed by atoms with Crippen LogP contribution in [0.25, 0.3) is 11.4 Å². The van der Waals surface area contributed by atoms with Crippen LogP contribution in [0, 0.1) is 0 Å². The van der Waals surface area contributed by atoms with Gasteiger partial charge >= 0.3 is 0 Å². The van der Waals surface area contributed by atoms with Crippen LogP contribution in [0.15, 0.2) is 61.2 Å². The number of nitrogens with zero attached hydrogens (tertiary/aromatic N) is 4. The van der Waals surface area contributed by atoms with E-state index in [9.17, 15) is 4.79 Å². The molecule has 3 aromatic rings. The molecule has 0 bridgehead atoms. The van der Waals surface area contributed by atoms with E-state index in [2.05, 4.69) is 39.2 Å². The number of rotatable bonds is 2. The van der Waals surface area contributed by atoms with Crippen LogP contribution < -0.4 is 0 Å². The number of carbonyl (C=O) groups excluding carboxylic acids is 1. The first kappa shape index (κ1) is 17.0. The predicted molar refractivity (Wildman–Crippen MR) is 107 cm³/mol. The highest BCUT2D eigenvalue weighted by molar-refractivity contribution is 5.93. The maximum atomic E-state index is 12.9. The molecule has 1 aromatic carbocycles. The molecule has 0 atom stereocenters. The minimum Gasteiger partial charge on any atom is -0.338 e. The van der Waals surface area contributed by atoms with E-state index in [0.29, 0.717) is 11.4 Å². The van der Waals surface area contributed by atoms with Gasteiger partial charge in [0.05, 0.1) is 5.56 Å². The van der Waals surface area contributed by atoms with Crippen LogP contribution in [0.3, 0.4) is 0 Å². The van der Waals surface area contributed by atoms with Crippen LogP contribution in [0.2, 0.25) is 0 Å². The van der Waals surface area contributed by atoms with Crippen LogP contribution in [-0.2, 0) is 11.8 Å². The van der Waals surface area contributed by atoms with E-state index in [1.54, 1.807) is 24.8 Å². The third-order valence-electron chi connectivity index (χ3n) is 6.29.